The van der Waals surface area contributed by atoms with Crippen LogP contribution in [0.4, 0.5) is 24.7 Å². The minimum atomic E-state index is -4.39. The lowest BCUT2D eigenvalue weighted by atomic mass is 10.0. The summed E-state index contributed by atoms with van der Waals surface area (Å²) in [6.07, 6.45) is 3.49. The van der Waals surface area contributed by atoms with Gasteiger partial charge in [0.2, 0.25) is 5.91 Å². The van der Waals surface area contributed by atoms with Gasteiger partial charge >= 0.3 is 6.18 Å². The normalized spacial score (nSPS) is 14.4. The molecule has 1 aromatic heterocycles. The Hall–Kier alpha value is -4.25. The number of nitrogens with one attached hydrogen (secondary N) is 1. The van der Waals surface area contributed by atoms with Crippen LogP contribution in [0.1, 0.15) is 43.4 Å². The number of halogens is 3. The van der Waals surface area contributed by atoms with Crippen LogP contribution in [-0.2, 0) is 22.3 Å². The summed E-state index contributed by atoms with van der Waals surface area (Å²) in [4.78, 5) is 34.2. The quantitative estimate of drug-likeness (QED) is 0.259. The molecule has 0 atom stereocenters. The summed E-state index contributed by atoms with van der Waals surface area (Å²) in [5.41, 5.74) is 1.64. The molecule has 2 N–H and O–H groups in total. The highest BCUT2D eigenvalue weighted by Gasteiger charge is 2.30. The van der Waals surface area contributed by atoms with E-state index < -0.39 is 11.7 Å². The Morgan fingerprint density at radius 3 is 2.41 bits per heavy atom. The fourth-order valence-corrected chi connectivity index (χ4v) is 4.60. The van der Waals surface area contributed by atoms with Gasteiger partial charge in [-0.15, -0.1) is 0 Å². The molecule has 2 aromatic carbocycles. The maximum atomic E-state index is 13.5. The number of carbonyl (C=O) groups is 2. The first-order chi connectivity index (χ1) is 19.6. The Balaban J connectivity index is 0.00000147. The number of anilines is 2. The van der Waals surface area contributed by atoms with Gasteiger partial charge in [-0.1, -0.05) is 24.3 Å². The number of rotatable bonds is 8. The summed E-state index contributed by atoms with van der Waals surface area (Å²) in [5, 5.41) is 10.1. The van der Waals surface area contributed by atoms with Gasteiger partial charge in [0.15, 0.2) is 0 Å². The van der Waals surface area contributed by atoms with Crippen molar-refractivity contribution < 1.29 is 27.9 Å². The van der Waals surface area contributed by atoms with Crippen molar-refractivity contribution >= 4 is 30.0 Å². The number of hydrogen-bond acceptors (Lipinski definition) is 6. The zero-order valence-electron chi connectivity index (χ0n) is 23.0. The monoisotopic (exact) mass is 569 g/mol. The molecule has 11 heteroatoms. The highest BCUT2D eigenvalue weighted by molar-refractivity contribution is 5.92. The van der Waals surface area contributed by atoms with E-state index in [2.05, 4.69) is 34.0 Å². The van der Waals surface area contributed by atoms with Crippen molar-refractivity contribution in [3.63, 3.8) is 0 Å². The number of aromatic nitrogens is 2. The number of nitrogens with zero attached hydrogens (tertiary/aromatic N) is 4. The van der Waals surface area contributed by atoms with E-state index in [0.717, 1.165) is 49.3 Å². The van der Waals surface area contributed by atoms with Crippen LogP contribution in [0.3, 0.4) is 0 Å². The van der Waals surface area contributed by atoms with E-state index in [1.54, 1.807) is 18.3 Å². The minimum Gasteiger partial charge on any atom is -0.483 e. The summed E-state index contributed by atoms with van der Waals surface area (Å²) in [6.45, 7) is 6.33. The third kappa shape index (κ3) is 9.71. The van der Waals surface area contributed by atoms with E-state index in [9.17, 15) is 18.0 Å². The van der Waals surface area contributed by atoms with Crippen LogP contribution in [0, 0.1) is 0 Å². The third-order valence-corrected chi connectivity index (χ3v) is 6.74. The zero-order valence-corrected chi connectivity index (χ0v) is 23.0. The Bertz CT molecular complexity index is 1280. The van der Waals surface area contributed by atoms with Gasteiger partial charge in [-0.25, -0.2) is 9.97 Å². The van der Waals surface area contributed by atoms with Gasteiger partial charge in [0.05, 0.1) is 5.56 Å². The molecule has 2 heterocycles. The van der Waals surface area contributed by atoms with Gasteiger partial charge in [-0.05, 0) is 74.2 Å². The number of piperidine rings is 1. The van der Waals surface area contributed by atoms with E-state index in [4.69, 9.17) is 9.90 Å². The number of hydrogen-bond donors (Lipinski definition) is 2. The first-order valence-electron chi connectivity index (χ1n) is 13.2. The van der Waals surface area contributed by atoms with Gasteiger partial charge in [-0.3, -0.25) is 9.59 Å². The molecule has 41 heavy (non-hydrogen) atoms. The molecule has 0 aliphatic carbocycles. The Morgan fingerprint density at radius 2 is 1.83 bits per heavy atom. The Kier molecular flexibility index (Phi) is 11.4. The van der Waals surface area contributed by atoms with Gasteiger partial charge < -0.3 is 20.2 Å². The molecule has 0 radical (unpaired) electrons. The average molecular weight is 570 g/mol. The van der Waals surface area contributed by atoms with Gasteiger partial charge in [0.1, 0.15) is 12.1 Å². The highest BCUT2D eigenvalue weighted by Crippen LogP contribution is 2.29. The second-order valence-electron chi connectivity index (χ2n) is 9.81. The number of alkyl halides is 3. The smallest absolute Gasteiger partial charge is 0.416 e. The lowest BCUT2D eigenvalue weighted by molar-refractivity contribution is -0.137. The molecule has 1 aliphatic rings. The number of likely N-dealkylation sites (tertiary alicyclic amines) is 1. The topological polar surface area (TPSA) is 98.7 Å². The van der Waals surface area contributed by atoms with Crippen molar-refractivity contribution in [2.75, 3.05) is 18.4 Å². The number of carbonyl (C=O) groups excluding carboxylic acids is 1. The first kappa shape index (κ1) is 31.3. The van der Waals surface area contributed by atoms with Crippen molar-refractivity contribution in [1.82, 2.24) is 19.8 Å². The fourth-order valence-electron chi connectivity index (χ4n) is 4.60. The maximum absolute atomic E-state index is 13.5. The van der Waals surface area contributed by atoms with E-state index in [-0.39, 0.29) is 18.4 Å². The summed E-state index contributed by atoms with van der Waals surface area (Å²) in [5.74, 6) is 0.507. The molecule has 4 rings (SSSR count). The highest BCUT2D eigenvalue weighted by atomic mass is 19.4. The predicted molar refractivity (Wildman–Crippen MR) is 151 cm³/mol. The molecule has 0 saturated carbocycles. The average Bonchev–Trinajstić information content (AvgIpc) is 2.96. The fraction of sp³-hybridized carbons (Fsp3) is 0.333. The van der Waals surface area contributed by atoms with Gasteiger partial charge in [0, 0.05) is 49.7 Å². The Morgan fingerprint density at radius 1 is 1.15 bits per heavy atom. The molecule has 1 aliphatic heterocycles. The molecule has 1 fully saturated rings. The summed E-state index contributed by atoms with van der Waals surface area (Å²) in [7, 11) is 0. The van der Waals surface area contributed by atoms with Crippen LogP contribution in [0.15, 0.2) is 73.2 Å². The van der Waals surface area contributed by atoms with Gasteiger partial charge in [-0.2, -0.15) is 13.2 Å². The lowest BCUT2D eigenvalue weighted by Gasteiger charge is -2.39. The Labute approximate surface area is 237 Å². The first-order valence-corrected chi connectivity index (χ1v) is 13.2. The van der Waals surface area contributed by atoms with Crippen LogP contribution < -0.4 is 5.32 Å². The molecule has 1 saturated heterocycles. The van der Waals surface area contributed by atoms with Crippen LogP contribution in [0.2, 0.25) is 0 Å². The number of amides is 1. The van der Waals surface area contributed by atoms with Crippen molar-refractivity contribution in [3.8, 4) is 0 Å². The minimum absolute atomic E-state index is 0.0632. The van der Waals surface area contributed by atoms with Crippen LogP contribution in [0.5, 0.6) is 0 Å². The summed E-state index contributed by atoms with van der Waals surface area (Å²) >= 11 is 0. The molecular weight excluding hydrogens is 535 g/mol. The van der Waals surface area contributed by atoms with Crippen LogP contribution in [-0.4, -0.2) is 62.4 Å². The van der Waals surface area contributed by atoms with Crippen molar-refractivity contribution in [1.29, 1.82) is 0 Å². The molecule has 8 nitrogen and oxygen atoms in total. The molecule has 0 bridgehead atoms. The second-order valence-corrected chi connectivity index (χ2v) is 9.81. The summed E-state index contributed by atoms with van der Waals surface area (Å²) < 4.78 is 38.7. The largest absolute Gasteiger partial charge is 0.483 e. The molecule has 0 unspecified atom stereocenters. The van der Waals surface area contributed by atoms with Crippen molar-refractivity contribution in [2.24, 2.45) is 0 Å². The van der Waals surface area contributed by atoms with Crippen LogP contribution >= 0.6 is 0 Å². The third-order valence-electron chi connectivity index (χ3n) is 6.74. The van der Waals surface area contributed by atoms with Crippen LogP contribution in [0.25, 0.3) is 6.08 Å². The van der Waals surface area contributed by atoms with E-state index in [1.807, 2.05) is 29.2 Å². The second kappa shape index (κ2) is 14.9. The van der Waals surface area contributed by atoms with Crippen molar-refractivity contribution in [2.45, 2.75) is 51.5 Å². The molecule has 1 amide bonds. The molecular formula is C30H34F3N5O3. The molecule has 218 valence electrons. The number of benzene rings is 2. The van der Waals surface area contributed by atoms with E-state index >= 15 is 0 Å². The van der Waals surface area contributed by atoms with Crippen molar-refractivity contribution in [3.05, 3.63) is 89.9 Å². The SMILES string of the molecule is CC(C)N1CCC(N(Cc2cccc(Nc3ccncn3)c2)C(=O)/C=C/c2ccc(C(F)(F)F)cc2)CC1.O=CO. The maximum Gasteiger partial charge on any atom is 0.416 e. The summed E-state index contributed by atoms with van der Waals surface area (Å²) in [6, 6.07) is 14.9. The van der Waals surface area contributed by atoms with E-state index in [0.29, 0.717) is 24.0 Å². The molecule has 0 spiro atoms. The predicted octanol–water partition coefficient (Wildman–Crippen LogP) is 5.85. The van der Waals surface area contributed by atoms with E-state index in [1.165, 1.54) is 24.5 Å². The lowest BCUT2D eigenvalue weighted by Crippen LogP contribution is -2.48. The standard InChI is InChI=1S/C29H32F3N5O.CH2O2/c1-21(2)36-16-13-26(14-17-36)37(28(38)11-8-22-6-9-24(10-7-22)29(30,31)32)19-23-4-3-5-25(18-23)35-27-12-15-33-20-34-27;2-1-3/h3-12,15,18,20-21,26H,13-14,16-17,19H2,1-2H3,(H,33,34,35);1H,(H,2,3)/b11-8+;. The number of carboxylic acid groups (broad SMARTS) is 1. The van der Waals surface area contributed by atoms with Gasteiger partial charge in [0.25, 0.3) is 6.47 Å². The zero-order chi connectivity index (χ0) is 29.8. The molecule has 3 aromatic rings.